The first kappa shape index (κ1) is 15.8. The van der Waals surface area contributed by atoms with Gasteiger partial charge in [0.15, 0.2) is 5.82 Å². The van der Waals surface area contributed by atoms with Crippen molar-refractivity contribution < 1.29 is 4.52 Å². The molecule has 1 fully saturated rings. The summed E-state index contributed by atoms with van der Waals surface area (Å²) >= 11 is 0. The summed E-state index contributed by atoms with van der Waals surface area (Å²) in [4.78, 5) is 6.91. The average molecular weight is 335 g/mol. The molecular formula is C19H21N5O. The third kappa shape index (κ3) is 3.40. The number of para-hydroxylation sites is 2. The number of nitrogens with one attached hydrogen (secondary N) is 2. The Hall–Kier alpha value is -2.70. The summed E-state index contributed by atoms with van der Waals surface area (Å²) in [5.41, 5.74) is 2.86. The van der Waals surface area contributed by atoms with E-state index in [1.165, 1.54) is 0 Å². The van der Waals surface area contributed by atoms with Crippen LogP contribution in [0.25, 0.3) is 11.5 Å². The summed E-state index contributed by atoms with van der Waals surface area (Å²) in [6.07, 6.45) is 0. The summed E-state index contributed by atoms with van der Waals surface area (Å²) in [5, 5.41) is 11.0. The Morgan fingerprint density at radius 3 is 2.76 bits per heavy atom. The Morgan fingerprint density at radius 1 is 1.12 bits per heavy atom. The molecule has 25 heavy (non-hydrogen) atoms. The normalized spacial score (nSPS) is 18.2. The number of rotatable bonds is 4. The van der Waals surface area contributed by atoms with Gasteiger partial charge < -0.3 is 15.2 Å². The van der Waals surface area contributed by atoms with Crippen LogP contribution in [0.1, 0.15) is 11.9 Å². The molecule has 1 unspecified atom stereocenters. The molecule has 0 saturated carbocycles. The van der Waals surface area contributed by atoms with Crippen molar-refractivity contribution in [3.63, 3.8) is 0 Å². The van der Waals surface area contributed by atoms with Gasteiger partial charge in [0, 0.05) is 25.3 Å². The van der Waals surface area contributed by atoms with Gasteiger partial charge in [-0.25, -0.2) is 0 Å². The minimum atomic E-state index is 0.139. The average Bonchev–Trinajstić information content (AvgIpc) is 3.13. The maximum absolute atomic E-state index is 5.58. The second-order valence-electron chi connectivity index (χ2n) is 6.19. The van der Waals surface area contributed by atoms with E-state index in [1.54, 1.807) is 0 Å². The van der Waals surface area contributed by atoms with Crippen LogP contribution in [-0.2, 0) is 0 Å². The smallest absolute Gasteiger partial charge is 0.260 e. The lowest BCUT2D eigenvalue weighted by Gasteiger charge is -2.30. The molecule has 1 aromatic heterocycles. The molecule has 0 aliphatic carbocycles. The van der Waals surface area contributed by atoms with E-state index in [0.29, 0.717) is 5.89 Å². The number of likely N-dealkylation sites (N-methyl/N-ethyl adjacent to an activating group) is 1. The molecule has 0 amide bonds. The standard InChI is InChI=1S/C19H21N5O/c1-24-12-11-20-13-17(24)18-22-19(25-23-18)15-9-5-6-10-16(15)21-14-7-3-2-4-8-14/h2-10,17,20-21H,11-13H2,1H3. The second-order valence-corrected chi connectivity index (χ2v) is 6.19. The Bertz CT molecular complexity index is 833. The highest BCUT2D eigenvalue weighted by Crippen LogP contribution is 2.30. The summed E-state index contributed by atoms with van der Waals surface area (Å²) in [6, 6.07) is 18.2. The molecule has 6 heteroatoms. The van der Waals surface area contributed by atoms with Gasteiger partial charge >= 0.3 is 0 Å². The lowest BCUT2D eigenvalue weighted by molar-refractivity contribution is 0.190. The fourth-order valence-electron chi connectivity index (χ4n) is 3.03. The van der Waals surface area contributed by atoms with Gasteiger partial charge in [0.05, 0.1) is 17.3 Å². The highest BCUT2D eigenvalue weighted by Gasteiger charge is 2.25. The molecule has 0 spiro atoms. The van der Waals surface area contributed by atoms with Crippen LogP contribution in [0.5, 0.6) is 0 Å². The lowest BCUT2D eigenvalue weighted by atomic mass is 10.1. The number of benzene rings is 2. The zero-order valence-electron chi connectivity index (χ0n) is 14.1. The molecule has 3 aromatic rings. The Kier molecular flexibility index (Phi) is 4.45. The number of nitrogens with zero attached hydrogens (tertiary/aromatic N) is 3. The summed E-state index contributed by atoms with van der Waals surface area (Å²) < 4.78 is 5.58. The van der Waals surface area contributed by atoms with Gasteiger partial charge in [-0.3, -0.25) is 4.90 Å². The number of anilines is 2. The van der Waals surface area contributed by atoms with Crippen LogP contribution >= 0.6 is 0 Å². The van der Waals surface area contributed by atoms with Crippen molar-refractivity contribution in [2.24, 2.45) is 0 Å². The summed E-state index contributed by atoms with van der Waals surface area (Å²) in [5.74, 6) is 1.26. The Balaban J connectivity index is 1.62. The van der Waals surface area contributed by atoms with Crippen LogP contribution in [0.2, 0.25) is 0 Å². The van der Waals surface area contributed by atoms with Crippen LogP contribution < -0.4 is 10.6 Å². The molecule has 1 atom stereocenters. The largest absolute Gasteiger partial charge is 0.355 e. The van der Waals surface area contributed by atoms with Gasteiger partial charge in [-0.2, -0.15) is 4.98 Å². The van der Waals surface area contributed by atoms with Crippen molar-refractivity contribution >= 4 is 11.4 Å². The fraction of sp³-hybridized carbons (Fsp3) is 0.263. The van der Waals surface area contributed by atoms with Crippen molar-refractivity contribution in [3.8, 4) is 11.5 Å². The molecule has 2 aromatic carbocycles. The van der Waals surface area contributed by atoms with Gasteiger partial charge in [-0.1, -0.05) is 35.5 Å². The van der Waals surface area contributed by atoms with E-state index in [9.17, 15) is 0 Å². The van der Waals surface area contributed by atoms with E-state index >= 15 is 0 Å². The van der Waals surface area contributed by atoms with Crippen LogP contribution in [0.15, 0.2) is 59.1 Å². The van der Waals surface area contributed by atoms with Crippen molar-refractivity contribution in [3.05, 3.63) is 60.4 Å². The Labute approximate surface area is 146 Å². The molecule has 128 valence electrons. The maximum Gasteiger partial charge on any atom is 0.260 e. The number of hydrogen-bond acceptors (Lipinski definition) is 6. The number of aromatic nitrogens is 2. The first-order valence-electron chi connectivity index (χ1n) is 8.47. The quantitative estimate of drug-likeness (QED) is 0.764. The van der Waals surface area contributed by atoms with E-state index in [1.807, 2.05) is 54.6 Å². The summed E-state index contributed by atoms with van der Waals surface area (Å²) in [7, 11) is 2.09. The molecule has 4 rings (SSSR count). The molecule has 0 bridgehead atoms. The highest BCUT2D eigenvalue weighted by atomic mass is 16.5. The van der Waals surface area contributed by atoms with Crippen LogP contribution in [0, 0.1) is 0 Å². The van der Waals surface area contributed by atoms with Crippen LogP contribution in [0.3, 0.4) is 0 Å². The predicted molar refractivity (Wildman–Crippen MR) is 97.7 cm³/mol. The molecule has 0 radical (unpaired) electrons. The molecule has 1 saturated heterocycles. The third-order valence-electron chi connectivity index (χ3n) is 4.46. The van der Waals surface area contributed by atoms with Gasteiger partial charge in [-0.05, 0) is 31.3 Å². The van der Waals surface area contributed by atoms with Gasteiger partial charge in [0.25, 0.3) is 5.89 Å². The van der Waals surface area contributed by atoms with E-state index in [-0.39, 0.29) is 6.04 Å². The van der Waals surface area contributed by atoms with E-state index in [0.717, 1.165) is 42.4 Å². The highest BCUT2D eigenvalue weighted by molar-refractivity contribution is 5.76. The number of hydrogen-bond donors (Lipinski definition) is 2. The van der Waals surface area contributed by atoms with Crippen molar-refractivity contribution in [1.82, 2.24) is 20.4 Å². The molecular weight excluding hydrogens is 314 g/mol. The van der Waals surface area contributed by atoms with Gasteiger partial charge in [0.2, 0.25) is 0 Å². The maximum atomic E-state index is 5.58. The zero-order chi connectivity index (χ0) is 17.1. The van der Waals surface area contributed by atoms with Crippen molar-refractivity contribution in [2.75, 3.05) is 32.0 Å². The summed E-state index contributed by atoms with van der Waals surface area (Å²) in [6.45, 7) is 2.79. The minimum absolute atomic E-state index is 0.139. The molecule has 2 N–H and O–H groups in total. The molecule has 1 aliphatic heterocycles. The zero-order valence-corrected chi connectivity index (χ0v) is 14.1. The van der Waals surface area contributed by atoms with E-state index in [2.05, 4.69) is 32.7 Å². The third-order valence-corrected chi connectivity index (χ3v) is 4.46. The first-order chi connectivity index (χ1) is 12.3. The van der Waals surface area contributed by atoms with Gasteiger partial charge in [0.1, 0.15) is 0 Å². The van der Waals surface area contributed by atoms with Crippen LogP contribution in [0.4, 0.5) is 11.4 Å². The topological polar surface area (TPSA) is 66.2 Å². The van der Waals surface area contributed by atoms with Crippen molar-refractivity contribution in [2.45, 2.75) is 6.04 Å². The van der Waals surface area contributed by atoms with Gasteiger partial charge in [-0.15, -0.1) is 0 Å². The minimum Gasteiger partial charge on any atom is -0.355 e. The Morgan fingerprint density at radius 2 is 1.92 bits per heavy atom. The fourth-order valence-corrected chi connectivity index (χ4v) is 3.03. The van der Waals surface area contributed by atoms with E-state index in [4.69, 9.17) is 4.52 Å². The molecule has 1 aliphatic rings. The molecule has 6 nitrogen and oxygen atoms in total. The lowest BCUT2D eigenvalue weighted by Crippen LogP contribution is -2.44. The van der Waals surface area contributed by atoms with Crippen molar-refractivity contribution in [1.29, 1.82) is 0 Å². The monoisotopic (exact) mass is 335 g/mol. The SMILES string of the molecule is CN1CCNCC1c1noc(-c2ccccc2Nc2ccccc2)n1. The predicted octanol–water partition coefficient (Wildman–Crippen LogP) is 3.06. The van der Waals surface area contributed by atoms with E-state index < -0.39 is 0 Å². The number of piperazine rings is 1. The second kappa shape index (κ2) is 7.04. The first-order valence-corrected chi connectivity index (χ1v) is 8.47. The van der Waals surface area contributed by atoms with Crippen LogP contribution in [-0.4, -0.2) is 41.7 Å². The molecule has 2 heterocycles.